The number of nitriles is 1. The smallest absolute Gasteiger partial charge is 0.341 e. The van der Waals surface area contributed by atoms with Crippen LogP contribution in [0.1, 0.15) is 24.2 Å². The highest BCUT2D eigenvalue weighted by molar-refractivity contribution is 5.94. The molecule has 0 aromatic carbocycles. The second-order valence-electron chi connectivity index (χ2n) is 4.01. The fourth-order valence-corrected chi connectivity index (χ4v) is 1.61. The Bertz CT molecular complexity index is 454. The van der Waals surface area contributed by atoms with Crippen LogP contribution >= 0.6 is 0 Å². The number of hydrogen-bond donors (Lipinski definition) is 0. The van der Waals surface area contributed by atoms with Gasteiger partial charge in [-0.05, 0) is 26.0 Å². The summed E-state index contributed by atoms with van der Waals surface area (Å²) in [5, 5.41) is 8.80. The number of pyridine rings is 1. The van der Waals surface area contributed by atoms with Gasteiger partial charge in [-0.15, -0.1) is 0 Å². The first-order valence-electron chi connectivity index (χ1n) is 5.83. The van der Waals surface area contributed by atoms with Crippen LogP contribution in [-0.2, 0) is 4.74 Å². The van der Waals surface area contributed by atoms with Crippen molar-refractivity contribution in [1.29, 1.82) is 5.26 Å². The molecule has 0 aliphatic carbocycles. The van der Waals surface area contributed by atoms with Gasteiger partial charge in [0.15, 0.2) is 0 Å². The van der Waals surface area contributed by atoms with Gasteiger partial charge in [-0.3, -0.25) is 0 Å². The summed E-state index contributed by atoms with van der Waals surface area (Å²) in [5.74, 6) is 0.0159. The molecule has 18 heavy (non-hydrogen) atoms. The monoisotopic (exact) mass is 247 g/mol. The second-order valence-corrected chi connectivity index (χ2v) is 4.01. The lowest BCUT2D eigenvalue weighted by Gasteiger charge is -2.21. The van der Waals surface area contributed by atoms with Crippen molar-refractivity contribution in [3.8, 4) is 6.07 Å². The Kier molecular flexibility index (Phi) is 5.12. The van der Waals surface area contributed by atoms with Crippen molar-refractivity contribution in [2.75, 3.05) is 25.1 Å². The zero-order valence-electron chi connectivity index (χ0n) is 10.9. The third-order valence-electron chi connectivity index (χ3n) is 2.41. The van der Waals surface area contributed by atoms with Crippen molar-refractivity contribution >= 4 is 11.8 Å². The largest absolute Gasteiger partial charge is 0.462 e. The molecule has 5 nitrogen and oxygen atoms in total. The molecule has 0 N–H and O–H groups in total. The number of carbonyl (C=O) groups is 1. The first kappa shape index (κ1) is 14.0. The van der Waals surface area contributed by atoms with Crippen molar-refractivity contribution in [2.45, 2.75) is 13.8 Å². The standard InChI is InChI=1S/C13H17N3O2/c1-4-18-13(17)11-6-5-7-15-12(11)16(3)9-10(2)8-14/h5-7,10H,4,9H2,1-3H3. The Morgan fingerprint density at radius 2 is 2.39 bits per heavy atom. The van der Waals surface area contributed by atoms with E-state index in [-0.39, 0.29) is 5.92 Å². The molecule has 0 fully saturated rings. The van der Waals surface area contributed by atoms with Gasteiger partial charge >= 0.3 is 5.97 Å². The molecule has 1 aromatic heterocycles. The van der Waals surface area contributed by atoms with Gasteiger partial charge in [0.25, 0.3) is 0 Å². The zero-order chi connectivity index (χ0) is 13.5. The van der Waals surface area contributed by atoms with E-state index in [2.05, 4.69) is 11.1 Å². The maximum absolute atomic E-state index is 11.8. The van der Waals surface area contributed by atoms with E-state index in [4.69, 9.17) is 10.00 Å². The molecule has 1 rings (SSSR count). The van der Waals surface area contributed by atoms with Gasteiger partial charge in [-0.2, -0.15) is 5.26 Å². The molecule has 0 amide bonds. The van der Waals surface area contributed by atoms with Crippen LogP contribution < -0.4 is 4.90 Å². The SMILES string of the molecule is CCOC(=O)c1cccnc1N(C)CC(C)C#N. The molecule has 1 aromatic rings. The normalized spacial score (nSPS) is 11.4. The van der Waals surface area contributed by atoms with Crippen LogP contribution in [0.25, 0.3) is 0 Å². The van der Waals surface area contributed by atoms with E-state index in [0.717, 1.165) is 0 Å². The molecule has 0 saturated carbocycles. The Balaban J connectivity index is 2.95. The second kappa shape index (κ2) is 6.60. The van der Waals surface area contributed by atoms with Gasteiger partial charge < -0.3 is 9.64 Å². The van der Waals surface area contributed by atoms with Crippen LogP contribution in [-0.4, -0.2) is 31.2 Å². The average Bonchev–Trinajstić information content (AvgIpc) is 2.38. The van der Waals surface area contributed by atoms with E-state index < -0.39 is 5.97 Å². The quantitative estimate of drug-likeness (QED) is 0.743. The third kappa shape index (κ3) is 3.45. The predicted molar refractivity (Wildman–Crippen MR) is 68.2 cm³/mol. The lowest BCUT2D eigenvalue weighted by atomic mass is 10.2. The first-order valence-corrected chi connectivity index (χ1v) is 5.83. The van der Waals surface area contributed by atoms with Crippen molar-refractivity contribution < 1.29 is 9.53 Å². The number of aromatic nitrogens is 1. The summed E-state index contributed by atoms with van der Waals surface area (Å²) in [4.78, 5) is 17.7. The molecule has 0 bridgehead atoms. The van der Waals surface area contributed by atoms with E-state index in [0.29, 0.717) is 24.5 Å². The molecule has 1 unspecified atom stereocenters. The van der Waals surface area contributed by atoms with Gasteiger partial charge in [0.05, 0.1) is 18.6 Å². The van der Waals surface area contributed by atoms with E-state index in [1.807, 2.05) is 6.92 Å². The molecule has 1 heterocycles. The number of ether oxygens (including phenoxy) is 1. The van der Waals surface area contributed by atoms with Crippen molar-refractivity contribution in [3.05, 3.63) is 23.9 Å². The Hall–Kier alpha value is -2.09. The summed E-state index contributed by atoms with van der Waals surface area (Å²) in [6.07, 6.45) is 1.62. The maximum atomic E-state index is 11.8. The van der Waals surface area contributed by atoms with Crippen LogP contribution in [0.3, 0.4) is 0 Å². The summed E-state index contributed by atoms with van der Waals surface area (Å²) in [6, 6.07) is 5.52. The van der Waals surface area contributed by atoms with E-state index in [1.165, 1.54) is 0 Å². The molecule has 0 radical (unpaired) electrons. The van der Waals surface area contributed by atoms with Gasteiger partial charge in [-0.1, -0.05) is 0 Å². The summed E-state index contributed by atoms with van der Waals surface area (Å²) in [6.45, 7) is 4.42. The zero-order valence-corrected chi connectivity index (χ0v) is 10.9. The summed E-state index contributed by atoms with van der Waals surface area (Å²) in [5.41, 5.74) is 0.423. The fraction of sp³-hybridized carbons (Fsp3) is 0.462. The molecule has 1 atom stereocenters. The van der Waals surface area contributed by atoms with E-state index in [1.54, 1.807) is 37.2 Å². The number of hydrogen-bond acceptors (Lipinski definition) is 5. The van der Waals surface area contributed by atoms with Crippen molar-refractivity contribution in [3.63, 3.8) is 0 Å². The number of esters is 1. The first-order chi connectivity index (χ1) is 8.60. The Morgan fingerprint density at radius 3 is 3.00 bits per heavy atom. The van der Waals surface area contributed by atoms with Crippen LogP contribution in [0.5, 0.6) is 0 Å². The van der Waals surface area contributed by atoms with Gasteiger partial charge in [-0.25, -0.2) is 9.78 Å². The number of anilines is 1. The van der Waals surface area contributed by atoms with E-state index >= 15 is 0 Å². The highest BCUT2D eigenvalue weighted by atomic mass is 16.5. The summed E-state index contributed by atoms with van der Waals surface area (Å²) in [7, 11) is 1.80. The van der Waals surface area contributed by atoms with Crippen LogP contribution in [0.15, 0.2) is 18.3 Å². The summed E-state index contributed by atoms with van der Waals surface area (Å²) >= 11 is 0. The maximum Gasteiger partial charge on any atom is 0.341 e. The van der Waals surface area contributed by atoms with Crippen molar-refractivity contribution in [2.24, 2.45) is 5.92 Å². The molecule has 0 aliphatic heterocycles. The molecule has 0 saturated heterocycles. The van der Waals surface area contributed by atoms with Crippen LogP contribution in [0.2, 0.25) is 0 Å². The number of rotatable bonds is 5. The van der Waals surface area contributed by atoms with E-state index in [9.17, 15) is 4.79 Å². The van der Waals surface area contributed by atoms with Gasteiger partial charge in [0.2, 0.25) is 0 Å². The van der Waals surface area contributed by atoms with Gasteiger partial charge in [0.1, 0.15) is 11.4 Å². The molecular weight excluding hydrogens is 230 g/mol. The Morgan fingerprint density at radius 1 is 1.67 bits per heavy atom. The van der Waals surface area contributed by atoms with Crippen LogP contribution in [0, 0.1) is 17.2 Å². The van der Waals surface area contributed by atoms with Crippen LogP contribution in [0.4, 0.5) is 5.82 Å². The van der Waals surface area contributed by atoms with Crippen molar-refractivity contribution in [1.82, 2.24) is 4.98 Å². The highest BCUT2D eigenvalue weighted by Crippen LogP contribution is 2.17. The lowest BCUT2D eigenvalue weighted by Crippen LogP contribution is -2.26. The summed E-state index contributed by atoms with van der Waals surface area (Å²) < 4.78 is 4.98. The number of carbonyl (C=O) groups excluding carboxylic acids is 1. The predicted octanol–water partition coefficient (Wildman–Crippen LogP) is 1.85. The topological polar surface area (TPSA) is 66.2 Å². The minimum atomic E-state index is -0.392. The number of nitrogens with zero attached hydrogens (tertiary/aromatic N) is 3. The molecule has 96 valence electrons. The molecular formula is C13H17N3O2. The molecule has 0 spiro atoms. The Labute approximate surface area is 107 Å². The fourth-order valence-electron chi connectivity index (χ4n) is 1.61. The lowest BCUT2D eigenvalue weighted by molar-refractivity contribution is 0.0526. The third-order valence-corrected chi connectivity index (χ3v) is 2.41. The molecule has 0 aliphatic rings. The molecule has 5 heteroatoms. The average molecular weight is 247 g/mol. The minimum absolute atomic E-state index is 0.132. The minimum Gasteiger partial charge on any atom is -0.462 e. The highest BCUT2D eigenvalue weighted by Gasteiger charge is 2.17. The van der Waals surface area contributed by atoms with Gasteiger partial charge in [0, 0.05) is 19.8 Å².